The molecule has 0 aliphatic carbocycles. The maximum absolute atomic E-state index is 11.5. The quantitative estimate of drug-likeness (QED) is 0.697. The van der Waals surface area contributed by atoms with Gasteiger partial charge in [0, 0.05) is 11.5 Å². The Kier molecular flexibility index (Phi) is 2.01. The summed E-state index contributed by atoms with van der Waals surface area (Å²) in [6.07, 6.45) is 0. The molecule has 0 saturated heterocycles. The summed E-state index contributed by atoms with van der Waals surface area (Å²) in [5.41, 5.74) is 6.42. The number of aryl methyl sites for hydroxylation is 1. The number of anilines is 1. The molecule has 0 unspecified atom stereocenters. The van der Waals surface area contributed by atoms with Crippen molar-refractivity contribution < 1.29 is 13.9 Å². The molecule has 0 amide bonds. The second-order valence-corrected chi connectivity index (χ2v) is 3.92. The Balaban J connectivity index is 2.38. The first-order valence-electron chi connectivity index (χ1n) is 5.29. The van der Waals surface area contributed by atoms with Gasteiger partial charge in [-0.15, -0.1) is 0 Å². The maximum atomic E-state index is 11.5. The van der Waals surface area contributed by atoms with Crippen molar-refractivity contribution in [2.24, 2.45) is 0 Å². The number of nitrogens with two attached hydrogens (primary N) is 1. The molecule has 0 spiro atoms. The molecule has 1 aliphatic rings. The van der Waals surface area contributed by atoms with E-state index in [2.05, 4.69) is 0 Å². The maximum Gasteiger partial charge on any atom is 0.359 e. The number of fused-ring (bicyclic) bond motifs is 2. The summed E-state index contributed by atoms with van der Waals surface area (Å²) in [6.45, 7) is 2.80. The van der Waals surface area contributed by atoms with Gasteiger partial charge in [-0.25, -0.2) is 4.79 Å². The van der Waals surface area contributed by atoms with Crippen molar-refractivity contribution in [1.29, 1.82) is 0 Å². The van der Waals surface area contributed by atoms with Crippen molar-refractivity contribution in [2.45, 2.75) is 6.92 Å². The van der Waals surface area contributed by atoms with E-state index in [-0.39, 0.29) is 5.69 Å². The fourth-order valence-electron chi connectivity index (χ4n) is 1.90. The van der Waals surface area contributed by atoms with Crippen LogP contribution in [0.5, 0.6) is 11.5 Å². The molecule has 1 aromatic heterocycles. The third kappa shape index (κ3) is 1.43. The molecule has 88 valence electrons. The Morgan fingerprint density at radius 2 is 1.82 bits per heavy atom. The van der Waals surface area contributed by atoms with Gasteiger partial charge in [-0.05, 0) is 18.6 Å². The SMILES string of the molecule is Cc1c(N)c(=O)oc2cc3c(cc12)OCCO3. The highest BCUT2D eigenvalue weighted by molar-refractivity contribution is 5.87. The minimum Gasteiger partial charge on any atom is -0.486 e. The Morgan fingerprint density at radius 3 is 2.53 bits per heavy atom. The molecule has 0 atom stereocenters. The van der Waals surface area contributed by atoms with Gasteiger partial charge in [0.25, 0.3) is 0 Å². The van der Waals surface area contributed by atoms with Crippen LogP contribution in [0.3, 0.4) is 0 Å². The number of hydrogen-bond donors (Lipinski definition) is 1. The summed E-state index contributed by atoms with van der Waals surface area (Å²) in [4.78, 5) is 11.5. The third-order valence-corrected chi connectivity index (χ3v) is 2.87. The van der Waals surface area contributed by atoms with Gasteiger partial charge in [0.1, 0.15) is 24.5 Å². The topological polar surface area (TPSA) is 74.7 Å². The highest BCUT2D eigenvalue weighted by Gasteiger charge is 2.16. The van der Waals surface area contributed by atoms with Crippen LogP contribution in [-0.2, 0) is 0 Å². The molecule has 5 nitrogen and oxygen atoms in total. The second kappa shape index (κ2) is 3.41. The lowest BCUT2D eigenvalue weighted by Crippen LogP contribution is -2.15. The van der Waals surface area contributed by atoms with Crippen molar-refractivity contribution in [3.8, 4) is 11.5 Å². The minimum atomic E-state index is -0.522. The smallest absolute Gasteiger partial charge is 0.359 e. The van der Waals surface area contributed by atoms with Crippen LogP contribution >= 0.6 is 0 Å². The first kappa shape index (κ1) is 10.0. The van der Waals surface area contributed by atoms with Gasteiger partial charge >= 0.3 is 5.63 Å². The zero-order valence-corrected chi connectivity index (χ0v) is 9.28. The number of hydrogen-bond acceptors (Lipinski definition) is 5. The largest absolute Gasteiger partial charge is 0.486 e. The zero-order chi connectivity index (χ0) is 12.0. The van der Waals surface area contributed by atoms with Crippen LogP contribution in [0.25, 0.3) is 11.0 Å². The van der Waals surface area contributed by atoms with Crippen molar-refractivity contribution in [2.75, 3.05) is 18.9 Å². The van der Waals surface area contributed by atoms with Crippen LogP contribution < -0.4 is 20.8 Å². The van der Waals surface area contributed by atoms with E-state index in [4.69, 9.17) is 19.6 Å². The molecular weight excluding hydrogens is 222 g/mol. The van der Waals surface area contributed by atoms with Crippen LogP contribution in [-0.4, -0.2) is 13.2 Å². The normalized spacial score (nSPS) is 13.9. The highest BCUT2D eigenvalue weighted by atomic mass is 16.6. The molecule has 1 aliphatic heterocycles. The van der Waals surface area contributed by atoms with Crippen LogP contribution in [0.4, 0.5) is 5.69 Å². The molecule has 2 heterocycles. The van der Waals surface area contributed by atoms with E-state index in [0.717, 1.165) is 5.39 Å². The highest BCUT2D eigenvalue weighted by Crippen LogP contribution is 2.35. The molecule has 0 fully saturated rings. The van der Waals surface area contributed by atoms with Gasteiger partial charge in [-0.3, -0.25) is 0 Å². The fraction of sp³-hybridized carbons (Fsp3) is 0.250. The molecule has 0 bridgehead atoms. The van der Waals surface area contributed by atoms with Gasteiger partial charge < -0.3 is 19.6 Å². The Bertz CT molecular complexity index is 660. The molecule has 0 saturated carbocycles. The Hall–Kier alpha value is -2.17. The van der Waals surface area contributed by atoms with E-state index in [1.165, 1.54) is 0 Å². The minimum absolute atomic E-state index is 0.133. The van der Waals surface area contributed by atoms with Crippen LogP contribution in [0.1, 0.15) is 5.56 Å². The predicted molar refractivity (Wildman–Crippen MR) is 62.6 cm³/mol. The molecule has 17 heavy (non-hydrogen) atoms. The molecule has 2 N–H and O–H groups in total. The van der Waals surface area contributed by atoms with Gasteiger partial charge in [-0.2, -0.15) is 0 Å². The van der Waals surface area contributed by atoms with Crippen LogP contribution in [0.2, 0.25) is 0 Å². The molecule has 0 radical (unpaired) electrons. The summed E-state index contributed by atoms with van der Waals surface area (Å²) in [5.74, 6) is 1.25. The third-order valence-electron chi connectivity index (χ3n) is 2.87. The van der Waals surface area contributed by atoms with Crippen LogP contribution in [0, 0.1) is 6.92 Å². The summed E-state index contributed by atoms with van der Waals surface area (Å²) in [7, 11) is 0. The molecule has 3 rings (SSSR count). The number of rotatable bonds is 0. The van der Waals surface area contributed by atoms with Crippen molar-refractivity contribution in [3.05, 3.63) is 28.1 Å². The number of nitrogen functional groups attached to an aromatic ring is 1. The fourth-order valence-corrected chi connectivity index (χ4v) is 1.90. The average molecular weight is 233 g/mol. The first-order valence-corrected chi connectivity index (χ1v) is 5.29. The lowest BCUT2D eigenvalue weighted by atomic mass is 10.1. The van der Waals surface area contributed by atoms with Gasteiger partial charge in [0.05, 0.1) is 0 Å². The van der Waals surface area contributed by atoms with E-state index in [1.807, 2.05) is 0 Å². The summed E-state index contributed by atoms with van der Waals surface area (Å²) in [6, 6.07) is 3.45. The van der Waals surface area contributed by atoms with Crippen molar-refractivity contribution >= 4 is 16.7 Å². The lowest BCUT2D eigenvalue weighted by molar-refractivity contribution is 0.172. The monoisotopic (exact) mass is 233 g/mol. The molecular formula is C12H11NO4. The van der Waals surface area contributed by atoms with Gasteiger partial charge in [0.15, 0.2) is 11.5 Å². The van der Waals surface area contributed by atoms with E-state index < -0.39 is 5.63 Å². The van der Waals surface area contributed by atoms with Crippen molar-refractivity contribution in [3.63, 3.8) is 0 Å². The lowest BCUT2D eigenvalue weighted by Gasteiger charge is -2.18. The Labute approximate surface area is 96.7 Å². The van der Waals surface area contributed by atoms with E-state index in [9.17, 15) is 4.79 Å². The predicted octanol–water partition coefficient (Wildman–Crippen LogP) is 1.45. The molecule has 5 heteroatoms. The standard InChI is InChI=1S/C12H11NO4/c1-6-7-4-9-10(16-3-2-15-9)5-8(7)17-12(14)11(6)13/h4-5H,2-3,13H2,1H3. The average Bonchev–Trinajstić information content (AvgIpc) is 2.34. The zero-order valence-electron chi connectivity index (χ0n) is 9.28. The van der Waals surface area contributed by atoms with E-state index >= 15 is 0 Å². The molecule has 2 aromatic rings. The van der Waals surface area contributed by atoms with Crippen LogP contribution in [0.15, 0.2) is 21.3 Å². The first-order chi connectivity index (χ1) is 8.16. The van der Waals surface area contributed by atoms with E-state index in [1.54, 1.807) is 19.1 Å². The van der Waals surface area contributed by atoms with Crippen molar-refractivity contribution in [1.82, 2.24) is 0 Å². The van der Waals surface area contributed by atoms with Gasteiger partial charge in [-0.1, -0.05) is 0 Å². The summed E-state index contributed by atoms with van der Waals surface area (Å²) < 4.78 is 16.0. The molecule has 1 aromatic carbocycles. The van der Waals surface area contributed by atoms with E-state index in [0.29, 0.717) is 35.9 Å². The number of ether oxygens (including phenoxy) is 2. The second-order valence-electron chi connectivity index (χ2n) is 3.92. The Morgan fingerprint density at radius 1 is 1.18 bits per heavy atom. The summed E-state index contributed by atoms with van der Waals surface area (Å²) >= 11 is 0. The van der Waals surface area contributed by atoms with Gasteiger partial charge in [0.2, 0.25) is 0 Å². The summed E-state index contributed by atoms with van der Waals surface area (Å²) in [5, 5.41) is 0.770. The number of benzene rings is 1.